The molecule has 0 aliphatic rings. The van der Waals surface area contributed by atoms with Crippen molar-refractivity contribution in [1.82, 2.24) is 14.5 Å². The van der Waals surface area contributed by atoms with Crippen LogP contribution in [0.15, 0.2) is 95.2 Å². The quantitative estimate of drug-likeness (QED) is 0.175. The third-order valence-electron chi connectivity index (χ3n) is 5.17. The molecule has 2 heterocycles. The molecule has 0 atom stereocenters. The summed E-state index contributed by atoms with van der Waals surface area (Å²) < 4.78 is 8.04. The van der Waals surface area contributed by atoms with Gasteiger partial charge in [-0.15, -0.1) is 0 Å². The number of aryl methyl sites for hydroxylation is 1. The largest absolute Gasteiger partial charge is 0.497 e. The lowest BCUT2D eigenvalue weighted by atomic mass is 10.1. The number of ether oxygens (including phenoxy) is 1. The van der Waals surface area contributed by atoms with Gasteiger partial charge in [0.25, 0.3) is 0 Å². The van der Waals surface area contributed by atoms with Gasteiger partial charge in [-0.3, -0.25) is 4.57 Å². The van der Waals surface area contributed by atoms with E-state index in [-0.39, 0.29) is 0 Å². The standard InChI is InChI=1S/C26H20ClN5OS/c1-17-8-10-18(11-9-17)24(30-19-6-4-3-5-7-19)31-26-32(20-12-14-21(33-2)15-13-20)25-22(34-26)23(27)28-16-29-25/h3-16H,1-2H3. The number of hydrogen-bond donors (Lipinski definition) is 0. The molecule has 0 amide bonds. The molecule has 0 aliphatic carbocycles. The highest BCUT2D eigenvalue weighted by Gasteiger charge is 2.14. The normalized spacial score (nSPS) is 12.3. The Balaban J connectivity index is 1.78. The molecule has 0 spiro atoms. The smallest absolute Gasteiger partial charge is 0.198 e. The fraction of sp³-hybridized carbons (Fsp3) is 0.0769. The SMILES string of the molecule is COc1ccc(-n2c(=NC(=Nc3ccccc3)c3ccc(C)cc3)sc3c(Cl)ncnc32)cc1. The number of aromatic nitrogens is 3. The number of aliphatic imine (C=N–C) groups is 1. The average molecular weight is 486 g/mol. The molecule has 0 unspecified atom stereocenters. The number of thiazole rings is 1. The van der Waals surface area contributed by atoms with Crippen LogP contribution in [-0.2, 0) is 0 Å². The third kappa shape index (κ3) is 4.48. The van der Waals surface area contributed by atoms with Crippen molar-refractivity contribution in [2.45, 2.75) is 6.92 Å². The van der Waals surface area contributed by atoms with Gasteiger partial charge in [-0.1, -0.05) is 71.0 Å². The van der Waals surface area contributed by atoms with Crippen molar-refractivity contribution in [2.75, 3.05) is 7.11 Å². The van der Waals surface area contributed by atoms with E-state index in [1.165, 1.54) is 23.2 Å². The maximum Gasteiger partial charge on any atom is 0.198 e. The Bertz CT molecular complexity index is 1540. The Kier molecular flexibility index (Phi) is 6.20. The first kappa shape index (κ1) is 22.0. The highest BCUT2D eigenvalue weighted by molar-refractivity contribution is 7.17. The van der Waals surface area contributed by atoms with Crippen molar-refractivity contribution < 1.29 is 4.74 Å². The first-order valence-corrected chi connectivity index (χ1v) is 11.7. The van der Waals surface area contributed by atoms with E-state index in [1.807, 2.05) is 71.3 Å². The van der Waals surface area contributed by atoms with Crippen LogP contribution in [-0.4, -0.2) is 27.5 Å². The Labute approximate surface area is 205 Å². The van der Waals surface area contributed by atoms with E-state index in [9.17, 15) is 0 Å². The van der Waals surface area contributed by atoms with Crippen molar-refractivity contribution in [2.24, 2.45) is 9.98 Å². The summed E-state index contributed by atoms with van der Waals surface area (Å²) in [5, 5.41) is 0.385. The van der Waals surface area contributed by atoms with E-state index in [4.69, 9.17) is 26.3 Å². The third-order valence-corrected chi connectivity index (χ3v) is 6.61. The highest BCUT2D eigenvalue weighted by Crippen LogP contribution is 2.26. The highest BCUT2D eigenvalue weighted by atomic mass is 35.5. The summed E-state index contributed by atoms with van der Waals surface area (Å²) in [6.07, 6.45) is 1.46. The number of fused-ring (bicyclic) bond motifs is 1. The van der Waals surface area contributed by atoms with Gasteiger partial charge in [0.1, 0.15) is 16.8 Å². The molecule has 0 saturated heterocycles. The van der Waals surface area contributed by atoms with Gasteiger partial charge in [0.15, 0.2) is 21.4 Å². The van der Waals surface area contributed by atoms with Crippen molar-refractivity contribution in [3.63, 3.8) is 0 Å². The number of para-hydroxylation sites is 1. The second kappa shape index (κ2) is 9.59. The van der Waals surface area contributed by atoms with Crippen molar-refractivity contribution in [3.8, 4) is 11.4 Å². The van der Waals surface area contributed by atoms with Crippen LogP contribution in [0, 0.1) is 6.92 Å². The van der Waals surface area contributed by atoms with Gasteiger partial charge in [0.05, 0.1) is 18.5 Å². The summed E-state index contributed by atoms with van der Waals surface area (Å²) in [5.41, 5.74) is 4.45. The van der Waals surface area contributed by atoms with Gasteiger partial charge < -0.3 is 4.74 Å². The van der Waals surface area contributed by atoms with Crippen molar-refractivity contribution >= 4 is 44.8 Å². The summed E-state index contributed by atoms with van der Waals surface area (Å²) in [6.45, 7) is 2.05. The molecule has 0 N–H and O–H groups in total. The first-order valence-electron chi connectivity index (χ1n) is 10.5. The lowest BCUT2D eigenvalue weighted by Crippen LogP contribution is -2.16. The molecule has 8 heteroatoms. The number of nitrogens with zero attached hydrogens (tertiary/aromatic N) is 5. The van der Waals surface area contributed by atoms with Crippen LogP contribution >= 0.6 is 22.9 Å². The molecule has 6 nitrogen and oxygen atoms in total. The zero-order valence-corrected chi connectivity index (χ0v) is 20.1. The fourth-order valence-corrected chi connectivity index (χ4v) is 4.64. The molecule has 168 valence electrons. The zero-order valence-electron chi connectivity index (χ0n) is 18.5. The van der Waals surface area contributed by atoms with E-state index >= 15 is 0 Å². The minimum Gasteiger partial charge on any atom is -0.497 e. The Morgan fingerprint density at radius 1 is 0.941 bits per heavy atom. The second-order valence-corrected chi connectivity index (χ2v) is 8.82. The number of hydrogen-bond acceptors (Lipinski definition) is 5. The molecule has 34 heavy (non-hydrogen) atoms. The lowest BCUT2D eigenvalue weighted by molar-refractivity contribution is 0.415. The number of halogens is 1. The van der Waals surface area contributed by atoms with Gasteiger partial charge in [0, 0.05) is 5.56 Å². The number of benzene rings is 3. The van der Waals surface area contributed by atoms with Gasteiger partial charge in [-0.05, 0) is 43.3 Å². The van der Waals surface area contributed by atoms with Crippen LogP contribution in [0.2, 0.25) is 5.15 Å². The van der Waals surface area contributed by atoms with Gasteiger partial charge in [-0.25, -0.2) is 20.0 Å². The Morgan fingerprint density at radius 2 is 1.68 bits per heavy atom. The van der Waals surface area contributed by atoms with Crippen LogP contribution in [0.1, 0.15) is 11.1 Å². The Hall–Kier alpha value is -3.81. The second-order valence-electron chi connectivity index (χ2n) is 7.48. The van der Waals surface area contributed by atoms with Crippen LogP contribution in [0.5, 0.6) is 5.75 Å². The predicted molar refractivity (Wildman–Crippen MR) is 138 cm³/mol. The topological polar surface area (TPSA) is 64.7 Å². The predicted octanol–water partition coefficient (Wildman–Crippen LogP) is 6.13. The van der Waals surface area contributed by atoms with Gasteiger partial charge in [-0.2, -0.15) is 0 Å². The van der Waals surface area contributed by atoms with E-state index in [1.54, 1.807) is 7.11 Å². The minimum atomic E-state index is 0.385. The molecule has 3 aromatic carbocycles. The summed E-state index contributed by atoms with van der Waals surface area (Å²) >= 11 is 7.85. The minimum absolute atomic E-state index is 0.385. The van der Waals surface area contributed by atoms with Crippen LogP contribution in [0.3, 0.4) is 0 Å². The number of rotatable bonds is 4. The summed E-state index contributed by atoms with van der Waals surface area (Å²) in [7, 11) is 1.64. The molecule has 5 aromatic rings. The molecule has 0 aliphatic heterocycles. The van der Waals surface area contributed by atoms with E-state index in [2.05, 4.69) is 29.0 Å². The molecular weight excluding hydrogens is 466 g/mol. The van der Waals surface area contributed by atoms with E-state index in [0.29, 0.717) is 21.4 Å². The van der Waals surface area contributed by atoms with Crippen molar-refractivity contribution in [1.29, 1.82) is 0 Å². The van der Waals surface area contributed by atoms with E-state index < -0.39 is 0 Å². The molecular formula is C26H20ClN5OS. The fourth-order valence-electron chi connectivity index (χ4n) is 3.43. The first-order chi connectivity index (χ1) is 16.6. The molecule has 0 saturated carbocycles. The molecule has 5 rings (SSSR count). The zero-order chi connectivity index (χ0) is 23.5. The van der Waals surface area contributed by atoms with Crippen molar-refractivity contribution in [3.05, 3.63) is 106 Å². The maximum atomic E-state index is 6.43. The van der Waals surface area contributed by atoms with Gasteiger partial charge >= 0.3 is 0 Å². The summed E-state index contributed by atoms with van der Waals surface area (Å²) in [5.74, 6) is 1.35. The van der Waals surface area contributed by atoms with Crippen LogP contribution in [0.25, 0.3) is 16.0 Å². The van der Waals surface area contributed by atoms with E-state index in [0.717, 1.165) is 27.4 Å². The maximum absolute atomic E-state index is 6.43. The molecule has 0 radical (unpaired) electrons. The average Bonchev–Trinajstić information content (AvgIpc) is 3.24. The lowest BCUT2D eigenvalue weighted by Gasteiger charge is -2.07. The molecule has 0 bridgehead atoms. The summed E-state index contributed by atoms with van der Waals surface area (Å²) in [4.78, 5) is 19.2. The monoisotopic (exact) mass is 485 g/mol. The molecule has 0 fully saturated rings. The Morgan fingerprint density at radius 3 is 2.38 bits per heavy atom. The van der Waals surface area contributed by atoms with Crippen LogP contribution < -0.4 is 9.54 Å². The summed E-state index contributed by atoms with van der Waals surface area (Å²) in [6, 6.07) is 25.7. The number of amidine groups is 1. The molecule has 2 aromatic heterocycles. The number of methoxy groups -OCH3 is 1. The van der Waals surface area contributed by atoms with Crippen LogP contribution in [0.4, 0.5) is 5.69 Å². The van der Waals surface area contributed by atoms with Gasteiger partial charge in [0.2, 0.25) is 0 Å².